The molecule has 13 heavy (non-hydrogen) atoms. The highest BCUT2D eigenvalue weighted by atomic mass is 16.3. The lowest BCUT2D eigenvalue weighted by molar-refractivity contribution is 0.0732. The van der Waals surface area contributed by atoms with Crippen molar-refractivity contribution in [1.29, 1.82) is 0 Å². The number of piperidine rings is 1. The van der Waals surface area contributed by atoms with Gasteiger partial charge in [0.15, 0.2) is 0 Å². The highest BCUT2D eigenvalue weighted by Crippen LogP contribution is 2.33. The van der Waals surface area contributed by atoms with Crippen molar-refractivity contribution in [3.05, 3.63) is 0 Å². The minimum Gasteiger partial charge on any atom is -0.393 e. The molecular weight excluding hydrogens is 162 g/mol. The van der Waals surface area contributed by atoms with E-state index in [4.69, 9.17) is 0 Å². The van der Waals surface area contributed by atoms with E-state index < -0.39 is 0 Å². The molecule has 0 amide bonds. The molecule has 2 fully saturated rings. The molecule has 0 aromatic heterocycles. The quantitative estimate of drug-likeness (QED) is 0.646. The Hall–Kier alpha value is -0.0800. The van der Waals surface area contributed by atoms with Crippen molar-refractivity contribution in [2.45, 2.75) is 44.6 Å². The molecule has 1 saturated carbocycles. The number of hydrogen-bond acceptors (Lipinski definition) is 2. The van der Waals surface area contributed by atoms with E-state index >= 15 is 0 Å². The molecule has 76 valence electrons. The van der Waals surface area contributed by atoms with Crippen molar-refractivity contribution in [2.24, 2.45) is 11.8 Å². The second kappa shape index (κ2) is 4.43. The fourth-order valence-corrected chi connectivity index (χ4v) is 2.91. The normalized spacial score (nSPS) is 41.8. The van der Waals surface area contributed by atoms with Gasteiger partial charge in [0.2, 0.25) is 0 Å². The maximum absolute atomic E-state index is 9.59. The molecule has 0 radical (unpaired) electrons. The first-order valence-corrected chi connectivity index (χ1v) is 5.75. The standard InChI is InChI=1S/C11H21NO/c13-11-5-1-3-9(7-11)10-4-2-6-12-8-10/h9-13H,1-8H2. The average Bonchev–Trinajstić information content (AvgIpc) is 2.19. The first-order valence-electron chi connectivity index (χ1n) is 5.75. The monoisotopic (exact) mass is 183 g/mol. The number of rotatable bonds is 1. The molecule has 0 spiro atoms. The summed E-state index contributed by atoms with van der Waals surface area (Å²) < 4.78 is 0. The van der Waals surface area contributed by atoms with Gasteiger partial charge < -0.3 is 10.4 Å². The molecule has 3 unspecified atom stereocenters. The van der Waals surface area contributed by atoms with Crippen LogP contribution in [-0.4, -0.2) is 24.3 Å². The SMILES string of the molecule is OC1CCCC(C2CCCNC2)C1. The van der Waals surface area contributed by atoms with Gasteiger partial charge in [-0.25, -0.2) is 0 Å². The van der Waals surface area contributed by atoms with Crippen LogP contribution in [0.4, 0.5) is 0 Å². The van der Waals surface area contributed by atoms with Gasteiger partial charge in [0, 0.05) is 0 Å². The van der Waals surface area contributed by atoms with E-state index in [9.17, 15) is 5.11 Å². The van der Waals surface area contributed by atoms with Gasteiger partial charge in [-0.3, -0.25) is 0 Å². The van der Waals surface area contributed by atoms with E-state index in [2.05, 4.69) is 5.32 Å². The zero-order valence-electron chi connectivity index (χ0n) is 8.34. The largest absolute Gasteiger partial charge is 0.393 e. The number of nitrogens with one attached hydrogen (secondary N) is 1. The molecular formula is C11H21NO. The van der Waals surface area contributed by atoms with E-state index in [1.165, 1.54) is 38.8 Å². The number of aliphatic hydroxyl groups is 1. The molecule has 2 aliphatic rings. The van der Waals surface area contributed by atoms with E-state index in [1.54, 1.807) is 0 Å². The zero-order valence-corrected chi connectivity index (χ0v) is 8.34. The highest BCUT2D eigenvalue weighted by Gasteiger charge is 2.28. The molecule has 3 atom stereocenters. The molecule has 2 rings (SSSR count). The highest BCUT2D eigenvalue weighted by molar-refractivity contribution is 4.81. The van der Waals surface area contributed by atoms with Crippen molar-refractivity contribution in [2.75, 3.05) is 13.1 Å². The van der Waals surface area contributed by atoms with Crippen LogP contribution in [0.3, 0.4) is 0 Å². The van der Waals surface area contributed by atoms with E-state index in [0.717, 1.165) is 24.7 Å². The van der Waals surface area contributed by atoms with Crippen molar-refractivity contribution >= 4 is 0 Å². The van der Waals surface area contributed by atoms with Gasteiger partial charge in [-0.15, -0.1) is 0 Å². The molecule has 2 heteroatoms. The van der Waals surface area contributed by atoms with Crippen molar-refractivity contribution in [1.82, 2.24) is 5.32 Å². The van der Waals surface area contributed by atoms with Crippen LogP contribution >= 0.6 is 0 Å². The first kappa shape index (κ1) is 9.47. The molecule has 2 nitrogen and oxygen atoms in total. The molecule has 1 aliphatic carbocycles. The Morgan fingerprint density at radius 2 is 1.85 bits per heavy atom. The Morgan fingerprint density at radius 1 is 1.00 bits per heavy atom. The van der Waals surface area contributed by atoms with Crippen LogP contribution in [0.5, 0.6) is 0 Å². The van der Waals surface area contributed by atoms with Crippen LogP contribution in [0.1, 0.15) is 38.5 Å². The van der Waals surface area contributed by atoms with E-state index in [-0.39, 0.29) is 6.10 Å². The third-order valence-corrected chi connectivity index (χ3v) is 3.69. The van der Waals surface area contributed by atoms with Crippen LogP contribution < -0.4 is 5.32 Å². The summed E-state index contributed by atoms with van der Waals surface area (Å²) in [5.41, 5.74) is 0. The number of aliphatic hydroxyl groups excluding tert-OH is 1. The van der Waals surface area contributed by atoms with Crippen LogP contribution in [-0.2, 0) is 0 Å². The Labute approximate surface area is 80.7 Å². The van der Waals surface area contributed by atoms with Gasteiger partial charge in [0.1, 0.15) is 0 Å². The Balaban J connectivity index is 1.83. The average molecular weight is 183 g/mol. The molecule has 2 N–H and O–H groups in total. The summed E-state index contributed by atoms with van der Waals surface area (Å²) in [5.74, 6) is 1.65. The lowest BCUT2D eigenvalue weighted by atomic mass is 9.76. The molecule has 1 saturated heterocycles. The van der Waals surface area contributed by atoms with Gasteiger partial charge in [-0.05, 0) is 57.0 Å². The van der Waals surface area contributed by atoms with Crippen molar-refractivity contribution < 1.29 is 5.11 Å². The smallest absolute Gasteiger partial charge is 0.0543 e. The second-order valence-corrected chi connectivity index (χ2v) is 4.69. The Morgan fingerprint density at radius 3 is 2.54 bits per heavy atom. The minimum atomic E-state index is 0.000626. The summed E-state index contributed by atoms with van der Waals surface area (Å²) in [6, 6.07) is 0. The van der Waals surface area contributed by atoms with Crippen LogP contribution in [0.2, 0.25) is 0 Å². The molecule has 0 aromatic carbocycles. The fraction of sp³-hybridized carbons (Fsp3) is 1.00. The van der Waals surface area contributed by atoms with E-state index in [1.807, 2.05) is 0 Å². The molecule has 0 bridgehead atoms. The Kier molecular flexibility index (Phi) is 3.23. The lowest BCUT2D eigenvalue weighted by Gasteiger charge is -2.35. The molecule has 1 aliphatic heterocycles. The predicted molar refractivity (Wildman–Crippen MR) is 53.6 cm³/mol. The molecule has 1 heterocycles. The minimum absolute atomic E-state index is 0.000626. The van der Waals surface area contributed by atoms with Crippen molar-refractivity contribution in [3.63, 3.8) is 0 Å². The van der Waals surface area contributed by atoms with Gasteiger partial charge >= 0.3 is 0 Å². The summed E-state index contributed by atoms with van der Waals surface area (Å²) in [4.78, 5) is 0. The third-order valence-electron chi connectivity index (χ3n) is 3.69. The summed E-state index contributed by atoms with van der Waals surface area (Å²) in [7, 11) is 0. The maximum atomic E-state index is 9.59. The summed E-state index contributed by atoms with van der Waals surface area (Å²) in [5, 5.41) is 13.1. The third kappa shape index (κ3) is 2.44. The van der Waals surface area contributed by atoms with Gasteiger partial charge in [0.25, 0.3) is 0 Å². The second-order valence-electron chi connectivity index (χ2n) is 4.69. The zero-order chi connectivity index (χ0) is 9.10. The summed E-state index contributed by atoms with van der Waals surface area (Å²) >= 11 is 0. The molecule has 0 aromatic rings. The van der Waals surface area contributed by atoms with Crippen LogP contribution in [0.15, 0.2) is 0 Å². The predicted octanol–water partition coefficient (Wildman–Crippen LogP) is 1.54. The van der Waals surface area contributed by atoms with Crippen LogP contribution in [0, 0.1) is 11.8 Å². The lowest BCUT2D eigenvalue weighted by Crippen LogP contribution is -2.36. The van der Waals surface area contributed by atoms with Gasteiger partial charge in [-0.1, -0.05) is 6.42 Å². The fourth-order valence-electron chi connectivity index (χ4n) is 2.91. The first-order chi connectivity index (χ1) is 6.36. The van der Waals surface area contributed by atoms with Crippen molar-refractivity contribution in [3.8, 4) is 0 Å². The van der Waals surface area contributed by atoms with Gasteiger partial charge in [-0.2, -0.15) is 0 Å². The summed E-state index contributed by atoms with van der Waals surface area (Å²) in [6.07, 6.45) is 7.40. The maximum Gasteiger partial charge on any atom is 0.0543 e. The Bertz CT molecular complexity index is 154. The van der Waals surface area contributed by atoms with E-state index in [0.29, 0.717) is 0 Å². The number of hydrogen-bond donors (Lipinski definition) is 2. The van der Waals surface area contributed by atoms with Gasteiger partial charge in [0.05, 0.1) is 6.10 Å². The topological polar surface area (TPSA) is 32.3 Å². The summed E-state index contributed by atoms with van der Waals surface area (Å²) in [6.45, 7) is 2.39. The van der Waals surface area contributed by atoms with Crippen LogP contribution in [0.25, 0.3) is 0 Å².